The molecule has 0 amide bonds. The molecule has 2 aromatic heterocycles. The molecular formula is C38H34N2O. The van der Waals surface area contributed by atoms with Gasteiger partial charge in [-0.05, 0) is 65.2 Å². The molecule has 0 fully saturated rings. The summed E-state index contributed by atoms with van der Waals surface area (Å²) in [5.74, 6) is 1.35. The van der Waals surface area contributed by atoms with E-state index in [1.165, 1.54) is 11.1 Å². The summed E-state index contributed by atoms with van der Waals surface area (Å²) in [5.41, 5.74) is 9.09. The Labute approximate surface area is 245 Å². The molecule has 2 heterocycles. The van der Waals surface area contributed by atoms with E-state index < -0.39 is 6.85 Å². The molecule has 0 unspecified atom stereocenters. The van der Waals surface area contributed by atoms with Crippen LogP contribution in [-0.4, -0.2) is 9.55 Å². The van der Waals surface area contributed by atoms with Crippen molar-refractivity contribution in [3.8, 4) is 28.2 Å². The Morgan fingerprint density at radius 3 is 2.07 bits per heavy atom. The maximum absolute atomic E-state index is 8.54. The van der Waals surface area contributed by atoms with Gasteiger partial charge in [-0.3, -0.25) is 4.57 Å². The van der Waals surface area contributed by atoms with Gasteiger partial charge in [0.2, 0.25) is 0 Å². The molecule has 41 heavy (non-hydrogen) atoms. The second kappa shape index (κ2) is 9.78. The maximum atomic E-state index is 8.54. The first-order valence-corrected chi connectivity index (χ1v) is 14.3. The Hall–Kier alpha value is -4.63. The minimum absolute atomic E-state index is 0.226. The van der Waals surface area contributed by atoms with Crippen LogP contribution in [0.5, 0.6) is 0 Å². The van der Waals surface area contributed by atoms with E-state index in [1.54, 1.807) is 0 Å². The van der Waals surface area contributed by atoms with E-state index in [9.17, 15) is 0 Å². The lowest BCUT2D eigenvalue weighted by atomic mass is 9.92. The van der Waals surface area contributed by atoms with Crippen LogP contribution in [0, 0.1) is 6.85 Å². The van der Waals surface area contributed by atoms with Gasteiger partial charge in [-0.1, -0.05) is 107 Å². The molecule has 0 aliphatic heterocycles. The third-order valence-corrected chi connectivity index (χ3v) is 8.12. The summed E-state index contributed by atoms with van der Waals surface area (Å²) < 4.78 is 34.6. The standard InChI is InChI=1S/C38H34N2O/c1-23(2)27-15-11-16-28(24(3)4)35(27)40-34-20-10-9-19-33(34)39-38(40)32-18-12-17-30-31-22-21-29(26-13-7-6-8-14-26)25(5)36(31)41-37(30)32/h6-24H,1-5H3/i5D3. The smallest absolute Gasteiger partial charge is 0.149 e. The van der Waals surface area contributed by atoms with Crippen LogP contribution in [0.1, 0.15) is 60.3 Å². The first-order valence-electron chi connectivity index (χ1n) is 15.8. The Balaban J connectivity index is 1.59. The number of hydrogen-bond acceptors (Lipinski definition) is 2. The molecule has 0 N–H and O–H groups in total. The molecule has 7 aromatic rings. The summed E-state index contributed by atoms with van der Waals surface area (Å²) >= 11 is 0. The van der Waals surface area contributed by atoms with Crippen LogP contribution in [0.4, 0.5) is 0 Å². The van der Waals surface area contributed by atoms with Crippen LogP contribution in [-0.2, 0) is 0 Å². The number of furan rings is 1. The number of rotatable bonds is 5. The van der Waals surface area contributed by atoms with Gasteiger partial charge >= 0.3 is 0 Å². The molecule has 0 saturated carbocycles. The molecule has 3 heteroatoms. The molecular weight excluding hydrogens is 500 g/mol. The van der Waals surface area contributed by atoms with E-state index >= 15 is 0 Å². The molecule has 0 aliphatic rings. The zero-order valence-electron chi connectivity index (χ0n) is 26.8. The van der Waals surface area contributed by atoms with Crippen LogP contribution in [0.3, 0.4) is 0 Å². The molecule has 202 valence electrons. The largest absolute Gasteiger partial charge is 0.455 e. The van der Waals surface area contributed by atoms with Gasteiger partial charge in [0.05, 0.1) is 22.3 Å². The Morgan fingerprint density at radius 1 is 0.659 bits per heavy atom. The highest BCUT2D eigenvalue weighted by Crippen LogP contribution is 2.42. The normalized spacial score (nSPS) is 13.4. The minimum Gasteiger partial charge on any atom is -0.455 e. The van der Waals surface area contributed by atoms with Crippen LogP contribution < -0.4 is 0 Å². The lowest BCUT2D eigenvalue weighted by Gasteiger charge is -2.22. The second-order valence-electron chi connectivity index (χ2n) is 11.4. The van der Waals surface area contributed by atoms with Crippen LogP contribution >= 0.6 is 0 Å². The van der Waals surface area contributed by atoms with Crippen molar-refractivity contribution in [2.75, 3.05) is 0 Å². The summed E-state index contributed by atoms with van der Waals surface area (Å²) in [5, 5.41) is 1.64. The second-order valence-corrected chi connectivity index (χ2v) is 11.4. The van der Waals surface area contributed by atoms with Crippen molar-refractivity contribution < 1.29 is 8.53 Å². The maximum Gasteiger partial charge on any atom is 0.149 e. The van der Waals surface area contributed by atoms with Gasteiger partial charge in [-0.25, -0.2) is 4.98 Å². The minimum atomic E-state index is -2.38. The SMILES string of the molecule is [2H]C([2H])([2H])c1c(-c2ccccc2)ccc2c1oc1c(-c3nc4ccccc4n3-c3c(C(C)C)cccc3C(C)C)cccc12. The third kappa shape index (κ3) is 3.99. The van der Waals surface area contributed by atoms with Gasteiger partial charge in [0.15, 0.2) is 0 Å². The Kier molecular flexibility index (Phi) is 5.27. The first-order chi connectivity index (χ1) is 21.1. The van der Waals surface area contributed by atoms with Crippen molar-refractivity contribution in [2.45, 2.75) is 46.4 Å². The number of aromatic nitrogens is 2. The molecule has 7 rings (SSSR count). The zero-order chi connectivity index (χ0) is 30.7. The summed E-state index contributed by atoms with van der Waals surface area (Å²) in [6.45, 7) is 6.52. The summed E-state index contributed by atoms with van der Waals surface area (Å²) in [4.78, 5) is 5.21. The van der Waals surface area contributed by atoms with Gasteiger partial charge in [-0.2, -0.15) is 0 Å². The fourth-order valence-corrected chi connectivity index (χ4v) is 6.10. The molecule has 0 atom stereocenters. The Bertz CT molecular complexity index is 2140. The van der Waals surface area contributed by atoms with Crippen molar-refractivity contribution in [1.82, 2.24) is 9.55 Å². The van der Waals surface area contributed by atoms with E-state index in [4.69, 9.17) is 13.5 Å². The monoisotopic (exact) mass is 537 g/mol. The number of benzene rings is 5. The predicted molar refractivity (Wildman–Crippen MR) is 172 cm³/mol. The lowest BCUT2D eigenvalue weighted by molar-refractivity contribution is 0.666. The van der Waals surface area contributed by atoms with Gasteiger partial charge in [0, 0.05) is 20.4 Å². The quantitative estimate of drug-likeness (QED) is 0.219. The van der Waals surface area contributed by atoms with Gasteiger partial charge in [0.1, 0.15) is 17.0 Å². The van der Waals surface area contributed by atoms with Crippen molar-refractivity contribution in [1.29, 1.82) is 0 Å². The zero-order valence-corrected chi connectivity index (χ0v) is 23.8. The summed E-state index contributed by atoms with van der Waals surface area (Å²) in [7, 11) is 0. The molecule has 0 aliphatic carbocycles. The number of para-hydroxylation sites is 4. The number of nitrogens with zero attached hydrogens (tertiary/aromatic N) is 2. The highest BCUT2D eigenvalue weighted by atomic mass is 16.3. The van der Waals surface area contributed by atoms with Gasteiger partial charge in [0.25, 0.3) is 0 Å². The molecule has 0 bridgehead atoms. The van der Waals surface area contributed by atoms with E-state index in [-0.39, 0.29) is 17.4 Å². The van der Waals surface area contributed by atoms with Crippen LogP contribution in [0.25, 0.3) is 61.2 Å². The molecule has 0 radical (unpaired) electrons. The number of fused-ring (bicyclic) bond motifs is 4. The van der Waals surface area contributed by atoms with Crippen molar-refractivity contribution >= 4 is 33.0 Å². The first kappa shape index (κ1) is 22.1. The highest BCUT2D eigenvalue weighted by Gasteiger charge is 2.24. The van der Waals surface area contributed by atoms with E-state index in [0.717, 1.165) is 44.4 Å². The van der Waals surface area contributed by atoms with Crippen LogP contribution in [0.15, 0.2) is 108 Å². The Morgan fingerprint density at radius 2 is 1.34 bits per heavy atom. The van der Waals surface area contributed by atoms with Crippen molar-refractivity contribution in [2.24, 2.45) is 0 Å². The molecule has 3 nitrogen and oxygen atoms in total. The summed E-state index contributed by atoms with van der Waals surface area (Å²) in [6.07, 6.45) is 0. The average molecular weight is 538 g/mol. The van der Waals surface area contributed by atoms with Gasteiger partial charge < -0.3 is 4.42 Å². The number of imidazole rings is 1. The average Bonchev–Trinajstić information content (AvgIpc) is 3.58. The van der Waals surface area contributed by atoms with Crippen molar-refractivity contribution in [3.05, 3.63) is 120 Å². The van der Waals surface area contributed by atoms with Crippen molar-refractivity contribution in [3.63, 3.8) is 0 Å². The van der Waals surface area contributed by atoms with E-state index in [0.29, 0.717) is 16.7 Å². The number of aryl methyl sites for hydroxylation is 1. The fraction of sp³-hybridized carbons (Fsp3) is 0.184. The highest BCUT2D eigenvalue weighted by molar-refractivity contribution is 6.11. The molecule has 0 saturated heterocycles. The van der Waals surface area contributed by atoms with E-state index in [2.05, 4.69) is 56.5 Å². The van der Waals surface area contributed by atoms with E-state index in [1.807, 2.05) is 78.9 Å². The predicted octanol–water partition coefficient (Wildman–Crippen LogP) is 10.8. The topological polar surface area (TPSA) is 31.0 Å². The lowest BCUT2D eigenvalue weighted by Crippen LogP contribution is -2.08. The number of hydrogen-bond donors (Lipinski definition) is 0. The summed E-state index contributed by atoms with van der Waals surface area (Å²) in [6, 6.07) is 34.4. The van der Waals surface area contributed by atoms with Gasteiger partial charge in [-0.15, -0.1) is 0 Å². The molecule has 5 aromatic carbocycles. The molecule has 0 spiro atoms. The third-order valence-electron chi connectivity index (χ3n) is 8.12. The van der Waals surface area contributed by atoms with Crippen LogP contribution in [0.2, 0.25) is 0 Å². The fourth-order valence-electron chi connectivity index (χ4n) is 6.10.